The Hall–Kier alpha value is -0.210. The van der Waals surface area contributed by atoms with E-state index in [-0.39, 0.29) is 16.0 Å². The van der Waals surface area contributed by atoms with E-state index in [9.17, 15) is 12.8 Å². The van der Waals surface area contributed by atoms with E-state index in [1.165, 1.54) is 4.31 Å². The topological polar surface area (TPSA) is 49.4 Å². The van der Waals surface area contributed by atoms with Gasteiger partial charge < -0.3 is 5.32 Å². The minimum atomic E-state index is -3.85. The van der Waals surface area contributed by atoms with E-state index in [2.05, 4.69) is 21.2 Å². The highest BCUT2D eigenvalue weighted by molar-refractivity contribution is 9.10. The summed E-state index contributed by atoms with van der Waals surface area (Å²) in [5.41, 5.74) is 0. The second-order valence-corrected chi connectivity index (χ2v) is 7.58. The van der Waals surface area contributed by atoms with Gasteiger partial charge in [-0.25, -0.2) is 12.8 Å². The van der Waals surface area contributed by atoms with Crippen molar-refractivity contribution in [3.05, 3.63) is 27.4 Å². The van der Waals surface area contributed by atoms with E-state index < -0.39 is 15.8 Å². The Morgan fingerprint density at radius 3 is 2.84 bits per heavy atom. The van der Waals surface area contributed by atoms with Crippen molar-refractivity contribution in [2.24, 2.45) is 0 Å². The molecule has 2 rings (SSSR count). The van der Waals surface area contributed by atoms with Gasteiger partial charge in [0.1, 0.15) is 10.7 Å². The standard InChI is InChI=1S/C11H13BrClFN2O2S/c1-7-6-16(3-2-15-7)19(17,18)11-5-9(13)8(12)4-10(11)14/h4-5,7,15H,2-3,6H2,1H3. The van der Waals surface area contributed by atoms with Gasteiger partial charge in [-0.1, -0.05) is 11.6 Å². The molecule has 1 saturated heterocycles. The normalized spacial score (nSPS) is 21.6. The van der Waals surface area contributed by atoms with E-state index in [1.807, 2.05) is 6.92 Å². The first kappa shape index (κ1) is 15.2. The summed E-state index contributed by atoms with van der Waals surface area (Å²) in [6.45, 7) is 3.06. The minimum Gasteiger partial charge on any atom is -0.312 e. The second kappa shape index (κ2) is 5.65. The first-order valence-corrected chi connectivity index (χ1v) is 8.31. The van der Waals surface area contributed by atoms with E-state index >= 15 is 0 Å². The molecule has 1 aliphatic rings. The van der Waals surface area contributed by atoms with Crippen LogP contribution in [0.1, 0.15) is 6.92 Å². The maximum absolute atomic E-state index is 13.9. The quantitative estimate of drug-likeness (QED) is 0.811. The summed E-state index contributed by atoms with van der Waals surface area (Å²) in [5, 5.41) is 3.31. The number of piperazine rings is 1. The zero-order chi connectivity index (χ0) is 14.2. The van der Waals surface area contributed by atoms with Gasteiger partial charge in [0, 0.05) is 30.1 Å². The smallest absolute Gasteiger partial charge is 0.246 e. The fourth-order valence-corrected chi connectivity index (χ4v) is 4.10. The van der Waals surface area contributed by atoms with Crippen LogP contribution in [0.4, 0.5) is 4.39 Å². The summed E-state index contributed by atoms with van der Waals surface area (Å²) in [5.74, 6) is -0.803. The third-order valence-corrected chi connectivity index (χ3v) is 6.00. The van der Waals surface area contributed by atoms with Crippen molar-refractivity contribution in [2.45, 2.75) is 17.9 Å². The van der Waals surface area contributed by atoms with Crippen LogP contribution in [0.5, 0.6) is 0 Å². The van der Waals surface area contributed by atoms with Crippen molar-refractivity contribution >= 4 is 37.6 Å². The van der Waals surface area contributed by atoms with Gasteiger partial charge in [0.2, 0.25) is 10.0 Å². The number of hydrogen-bond acceptors (Lipinski definition) is 3. The average Bonchev–Trinajstić information content (AvgIpc) is 2.33. The molecule has 1 unspecified atom stereocenters. The zero-order valence-electron chi connectivity index (χ0n) is 10.2. The Kier molecular flexibility index (Phi) is 4.52. The molecule has 106 valence electrons. The van der Waals surface area contributed by atoms with Gasteiger partial charge in [0.15, 0.2) is 0 Å². The molecule has 0 saturated carbocycles. The molecule has 0 aliphatic carbocycles. The molecule has 19 heavy (non-hydrogen) atoms. The number of sulfonamides is 1. The molecule has 1 N–H and O–H groups in total. The van der Waals surface area contributed by atoms with Crippen LogP contribution < -0.4 is 5.32 Å². The monoisotopic (exact) mass is 370 g/mol. The lowest BCUT2D eigenvalue weighted by atomic mass is 10.3. The number of nitrogens with zero attached hydrogens (tertiary/aromatic N) is 1. The van der Waals surface area contributed by atoms with E-state index in [4.69, 9.17) is 11.6 Å². The van der Waals surface area contributed by atoms with Crippen molar-refractivity contribution in [2.75, 3.05) is 19.6 Å². The highest BCUT2D eigenvalue weighted by Crippen LogP contribution is 2.29. The van der Waals surface area contributed by atoms with Gasteiger partial charge in [0.05, 0.1) is 5.02 Å². The van der Waals surface area contributed by atoms with Crippen molar-refractivity contribution in [1.29, 1.82) is 0 Å². The largest absolute Gasteiger partial charge is 0.312 e. The molecule has 4 nitrogen and oxygen atoms in total. The van der Waals surface area contributed by atoms with Gasteiger partial charge in [-0.2, -0.15) is 4.31 Å². The van der Waals surface area contributed by atoms with Crippen molar-refractivity contribution in [3.8, 4) is 0 Å². The minimum absolute atomic E-state index is 0.0394. The lowest BCUT2D eigenvalue weighted by Crippen LogP contribution is -2.51. The van der Waals surface area contributed by atoms with Crippen LogP contribution in [0.25, 0.3) is 0 Å². The Balaban J connectivity index is 2.42. The number of benzene rings is 1. The van der Waals surface area contributed by atoms with Crippen molar-refractivity contribution in [3.63, 3.8) is 0 Å². The zero-order valence-corrected chi connectivity index (χ0v) is 13.3. The molecular weight excluding hydrogens is 359 g/mol. The molecule has 1 fully saturated rings. The molecule has 0 bridgehead atoms. The molecule has 1 aromatic carbocycles. The molecule has 1 aliphatic heterocycles. The Labute approximate surface area is 125 Å². The maximum Gasteiger partial charge on any atom is 0.246 e. The van der Waals surface area contributed by atoms with Crippen molar-refractivity contribution < 1.29 is 12.8 Å². The van der Waals surface area contributed by atoms with E-state index in [0.717, 1.165) is 12.1 Å². The van der Waals surface area contributed by atoms with Crippen LogP contribution in [0, 0.1) is 5.82 Å². The van der Waals surface area contributed by atoms with Crippen molar-refractivity contribution in [1.82, 2.24) is 9.62 Å². The molecule has 1 aromatic rings. The first-order chi connectivity index (χ1) is 8.82. The third-order valence-electron chi connectivity index (χ3n) is 2.92. The highest BCUT2D eigenvalue weighted by Gasteiger charge is 2.31. The molecule has 0 aromatic heterocycles. The van der Waals surface area contributed by atoms with Crippen LogP contribution in [-0.2, 0) is 10.0 Å². The lowest BCUT2D eigenvalue weighted by Gasteiger charge is -2.31. The van der Waals surface area contributed by atoms with Crippen LogP contribution >= 0.6 is 27.5 Å². The summed E-state index contributed by atoms with van der Waals surface area (Å²) < 4.78 is 40.3. The number of rotatable bonds is 2. The second-order valence-electron chi connectivity index (χ2n) is 4.41. The predicted molar refractivity (Wildman–Crippen MR) is 75.3 cm³/mol. The number of nitrogens with one attached hydrogen (secondary N) is 1. The van der Waals surface area contributed by atoms with Crippen LogP contribution in [-0.4, -0.2) is 38.4 Å². The molecule has 1 atom stereocenters. The molecule has 0 radical (unpaired) electrons. The predicted octanol–water partition coefficient (Wildman–Crippen LogP) is 2.22. The summed E-state index contributed by atoms with van der Waals surface area (Å²) >= 11 is 8.91. The van der Waals surface area contributed by atoms with Crippen LogP contribution in [0.3, 0.4) is 0 Å². The Morgan fingerprint density at radius 1 is 1.53 bits per heavy atom. The summed E-state index contributed by atoms with van der Waals surface area (Å²) in [4.78, 5) is -0.380. The summed E-state index contributed by atoms with van der Waals surface area (Å²) in [6, 6.07) is 2.25. The van der Waals surface area contributed by atoms with Gasteiger partial charge in [-0.3, -0.25) is 0 Å². The van der Waals surface area contributed by atoms with E-state index in [0.29, 0.717) is 24.1 Å². The summed E-state index contributed by atoms with van der Waals surface area (Å²) in [6.07, 6.45) is 0. The van der Waals surface area contributed by atoms with Crippen LogP contribution in [0.15, 0.2) is 21.5 Å². The average molecular weight is 372 g/mol. The molecule has 1 heterocycles. The molecule has 8 heteroatoms. The number of halogens is 3. The Bertz CT molecular complexity index is 597. The fraction of sp³-hybridized carbons (Fsp3) is 0.455. The van der Waals surface area contributed by atoms with Gasteiger partial charge >= 0.3 is 0 Å². The SMILES string of the molecule is CC1CN(S(=O)(=O)c2cc(Cl)c(Br)cc2F)CCN1. The van der Waals surface area contributed by atoms with Gasteiger partial charge in [-0.05, 0) is 35.0 Å². The Morgan fingerprint density at radius 2 is 2.21 bits per heavy atom. The lowest BCUT2D eigenvalue weighted by molar-refractivity contribution is 0.309. The molecular formula is C11H13BrClFN2O2S. The van der Waals surface area contributed by atoms with Crippen LogP contribution in [0.2, 0.25) is 5.02 Å². The number of hydrogen-bond donors (Lipinski definition) is 1. The highest BCUT2D eigenvalue weighted by atomic mass is 79.9. The molecule has 0 spiro atoms. The van der Waals surface area contributed by atoms with E-state index in [1.54, 1.807) is 0 Å². The maximum atomic E-state index is 13.9. The summed E-state index contributed by atoms with van der Waals surface area (Å²) in [7, 11) is -3.85. The van der Waals surface area contributed by atoms with Gasteiger partial charge in [-0.15, -0.1) is 0 Å². The fourth-order valence-electron chi connectivity index (χ4n) is 1.96. The van der Waals surface area contributed by atoms with Gasteiger partial charge in [0.25, 0.3) is 0 Å². The third kappa shape index (κ3) is 3.11. The molecule has 0 amide bonds. The first-order valence-electron chi connectivity index (χ1n) is 5.70.